The highest BCUT2D eigenvalue weighted by molar-refractivity contribution is 5.91. The fraction of sp³-hybridized carbons (Fsp3) is 0.500. The number of likely N-dealkylation sites (tertiary alicyclic amines) is 1. The number of carbonyl (C=O) groups is 1. The van der Waals surface area contributed by atoms with Crippen LogP contribution >= 0.6 is 0 Å². The molecule has 3 rings (SSSR count). The SMILES string of the molecule is CC(C)Cc1cc(C(=O)N2CCC(Oc3cccnc3)CC2)on1. The van der Waals surface area contributed by atoms with Crippen molar-refractivity contribution in [3.05, 3.63) is 42.0 Å². The molecule has 6 nitrogen and oxygen atoms in total. The van der Waals surface area contributed by atoms with E-state index in [4.69, 9.17) is 9.26 Å². The van der Waals surface area contributed by atoms with Crippen LogP contribution < -0.4 is 4.74 Å². The highest BCUT2D eigenvalue weighted by Crippen LogP contribution is 2.20. The third-order valence-electron chi connectivity index (χ3n) is 4.05. The fourth-order valence-electron chi connectivity index (χ4n) is 2.87. The molecule has 0 saturated carbocycles. The zero-order valence-corrected chi connectivity index (χ0v) is 14.1. The summed E-state index contributed by atoms with van der Waals surface area (Å²) in [5.41, 5.74) is 0.836. The Bertz CT molecular complexity index is 661. The number of ether oxygens (including phenoxy) is 1. The van der Waals surface area contributed by atoms with Crippen molar-refractivity contribution in [2.75, 3.05) is 13.1 Å². The molecule has 0 N–H and O–H groups in total. The van der Waals surface area contributed by atoms with Gasteiger partial charge in [0.15, 0.2) is 0 Å². The molecular formula is C18H23N3O3. The zero-order chi connectivity index (χ0) is 16.9. The number of amides is 1. The van der Waals surface area contributed by atoms with Gasteiger partial charge in [0.25, 0.3) is 5.91 Å². The molecule has 3 heterocycles. The van der Waals surface area contributed by atoms with Crippen molar-refractivity contribution < 1.29 is 14.1 Å². The third-order valence-corrected chi connectivity index (χ3v) is 4.05. The van der Waals surface area contributed by atoms with Crippen LogP contribution in [0.15, 0.2) is 35.1 Å². The van der Waals surface area contributed by atoms with Crippen LogP contribution in [0.5, 0.6) is 5.75 Å². The second kappa shape index (κ2) is 7.47. The Morgan fingerprint density at radius 3 is 2.88 bits per heavy atom. The molecule has 0 unspecified atom stereocenters. The smallest absolute Gasteiger partial charge is 0.292 e. The third kappa shape index (κ3) is 4.13. The first-order valence-corrected chi connectivity index (χ1v) is 8.43. The van der Waals surface area contributed by atoms with Gasteiger partial charge in [0.1, 0.15) is 11.9 Å². The van der Waals surface area contributed by atoms with Crippen LogP contribution in [0.4, 0.5) is 0 Å². The molecule has 0 radical (unpaired) electrons. The van der Waals surface area contributed by atoms with E-state index in [0.717, 1.165) is 30.7 Å². The summed E-state index contributed by atoms with van der Waals surface area (Å²) >= 11 is 0. The van der Waals surface area contributed by atoms with Crippen LogP contribution in [-0.2, 0) is 6.42 Å². The van der Waals surface area contributed by atoms with Crippen molar-refractivity contribution in [1.82, 2.24) is 15.0 Å². The summed E-state index contributed by atoms with van der Waals surface area (Å²) in [6.45, 7) is 5.54. The number of aromatic nitrogens is 2. The van der Waals surface area contributed by atoms with Crippen molar-refractivity contribution in [2.45, 2.75) is 39.2 Å². The molecule has 1 saturated heterocycles. The molecule has 0 atom stereocenters. The van der Waals surface area contributed by atoms with E-state index in [-0.39, 0.29) is 12.0 Å². The predicted molar refractivity (Wildman–Crippen MR) is 88.8 cm³/mol. The minimum atomic E-state index is -0.0858. The molecule has 0 spiro atoms. The molecule has 1 amide bonds. The molecule has 1 aliphatic rings. The summed E-state index contributed by atoms with van der Waals surface area (Å²) in [5, 5.41) is 3.99. The average molecular weight is 329 g/mol. The van der Waals surface area contributed by atoms with Crippen molar-refractivity contribution in [3.63, 3.8) is 0 Å². The van der Waals surface area contributed by atoms with Gasteiger partial charge in [-0.15, -0.1) is 0 Å². The summed E-state index contributed by atoms with van der Waals surface area (Å²) in [5.74, 6) is 1.50. The number of nitrogens with zero attached hydrogens (tertiary/aromatic N) is 3. The van der Waals surface area contributed by atoms with Gasteiger partial charge in [-0.25, -0.2) is 0 Å². The van der Waals surface area contributed by atoms with E-state index in [1.165, 1.54) is 0 Å². The van der Waals surface area contributed by atoms with Gasteiger partial charge < -0.3 is 14.2 Å². The van der Waals surface area contributed by atoms with E-state index in [1.807, 2.05) is 17.0 Å². The minimum absolute atomic E-state index is 0.0858. The molecular weight excluding hydrogens is 306 g/mol. The van der Waals surface area contributed by atoms with E-state index in [2.05, 4.69) is 24.0 Å². The second-order valence-corrected chi connectivity index (χ2v) is 6.58. The van der Waals surface area contributed by atoms with Crippen LogP contribution in [-0.4, -0.2) is 40.1 Å². The molecule has 1 fully saturated rings. The first kappa shape index (κ1) is 16.5. The summed E-state index contributed by atoms with van der Waals surface area (Å²) in [7, 11) is 0. The van der Waals surface area contributed by atoms with E-state index < -0.39 is 0 Å². The van der Waals surface area contributed by atoms with Gasteiger partial charge in [-0.3, -0.25) is 9.78 Å². The zero-order valence-electron chi connectivity index (χ0n) is 14.1. The number of pyridine rings is 1. The highest BCUT2D eigenvalue weighted by atomic mass is 16.5. The van der Waals surface area contributed by atoms with Gasteiger partial charge in [0.2, 0.25) is 5.76 Å². The number of rotatable bonds is 5. The Labute approximate surface area is 141 Å². The molecule has 2 aromatic heterocycles. The molecule has 2 aromatic rings. The van der Waals surface area contributed by atoms with Gasteiger partial charge in [-0.05, 0) is 24.5 Å². The second-order valence-electron chi connectivity index (χ2n) is 6.58. The Hall–Kier alpha value is -2.37. The molecule has 128 valence electrons. The first-order valence-electron chi connectivity index (χ1n) is 8.43. The van der Waals surface area contributed by atoms with Crippen LogP contribution in [0, 0.1) is 5.92 Å². The Morgan fingerprint density at radius 2 is 2.21 bits per heavy atom. The van der Waals surface area contributed by atoms with Crippen LogP contribution in [0.1, 0.15) is 42.9 Å². The molecule has 6 heteroatoms. The summed E-state index contributed by atoms with van der Waals surface area (Å²) in [6, 6.07) is 5.52. The fourth-order valence-corrected chi connectivity index (χ4v) is 2.87. The van der Waals surface area contributed by atoms with Crippen LogP contribution in [0.2, 0.25) is 0 Å². The topological polar surface area (TPSA) is 68.5 Å². The minimum Gasteiger partial charge on any atom is -0.489 e. The standard InChI is InChI=1S/C18H23N3O3/c1-13(2)10-14-11-17(24-20-14)18(22)21-8-5-15(6-9-21)23-16-4-3-7-19-12-16/h3-4,7,11-13,15H,5-6,8-10H2,1-2H3. The monoisotopic (exact) mass is 329 g/mol. The Morgan fingerprint density at radius 1 is 1.42 bits per heavy atom. The van der Waals surface area contributed by atoms with Crippen molar-refractivity contribution in [2.24, 2.45) is 5.92 Å². The van der Waals surface area contributed by atoms with Gasteiger partial charge >= 0.3 is 0 Å². The predicted octanol–water partition coefficient (Wildman–Crippen LogP) is 2.95. The molecule has 0 aromatic carbocycles. The van der Waals surface area contributed by atoms with Crippen molar-refractivity contribution in [1.29, 1.82) is 0 Å². The lowest BCUT2D eigenvalue weighted by Crippen LogP contribution is -2.41. The first-order chi connectivity index (χ1) is 11.6. The largest absolute Gasteiger partial charge is 0.489 e. The summed E-state index contributed by atoms with van der Waals surface area (Å²) < 4.78 is 11.1. The van der Waals surface area contributed by atoms with Crippen LogP contribution in [0.3, 0.4) is 0 Å². The van der Waals surface area contributed by atoms with Crippen LogP contribution in [0.25, 0.3) is 0 Å². The number of carbonyl (C=O) groups excluding carboxylic acids is 1. The number of hydrogen-bond donors (Lipinski definition) is 0. The molecule has 24 heavy (non-hydrogen) atoms. The summed E-state index contributed by atoms with van der Waals surface area (Å²) in [4.78, 5) is 18.4. The average Bonchev–Trinajstić information content (AvgIpc) is 3.03. The molecule has 0 bridgehead atoms. The molecule has 0 aliphatic carbocycles. The van der Waals surface area contributed by atoms with E-state index in [1.54, 1.807) is 18.5 Å². The lowest BCUT2D eigenvalue weighted by molar-refractivity contribution is 0.0557. The van der Waals surface area contributed by atoms with Gasteiger partial charge in [0.05, 0.1) is 11.9 Å². The van der Waals surface area contributed by atoms with Crippen molar-refractivity contribution >= 4 is 5.91 Å². The number of piperidine rings is 1. The number of hydrogen-bond acceptors (Lipinski definition) is 5. The maximum Gasteiger partial charge on any atom is 0.292 e. The Balaban J connectivity index is 1.52. The van der Waals surface area contributed by atoms with Gasteiger partial charge in [-0.2, -0.15) is 0 Å². The van der Waals surface area contributed by atoms with E-state index >= 15 is 0 Å². The van der Waals surface area contributed by atoms with Crippen molar-refractivity contribution in [3.8, 4) is 5.75 Å². The van der Waals surface area contributed by atoms with E-state index in [0.29, 0.717) is 24.8 Å². The maximum atomic E-state index is 12.5. The normalized spacial score (nSPS) is 15.7. The highest BCUT2D eigenvalue weighted by Gasteiger charge is 2.27. The van der Waals surface area contributed by atoms with Gasteiger partial charge in [-0.1, -0.05) is 19.0 Å². The lowest BCUT2D eigenvalue weighted by Gasteiger charge is -2.31. The molecule has 1 aliphatic heterocycles. The lowest BCUT2D eigenvalue weighted by atomic mass is 10.1. The van der Waals surface area contributed by atoms with E-state index in [9.17, 15) is 4.79 Å². The summed E-state index contributed by atoms with van der Waals surface area (Å²) in [6.07, 6.45) is 5.96. The quantitative estimate of drug-likeness (QED) is 0.843. The Kier molecular flexibility index (Phi) is 5.13. The maximum absolute atomic E-state index is 12.5. The van der Waals surface area contributed by atoms with Gasteiger partial charge in [0, 0.05) is 38.2 Å².